The summed E-state index contributed by atoms with van der Waals surface area (Å²) in [5.74, 6) is -1.63. The molecular formula is C50H66N5O13P. The molecule has 2 amide bonds. The number of carbonyl (C=O) groups is 4. The van der Waals surface area contributed by atoms with Crippen LogP contribution in [0.5, 0.6) is 5.75 Å². The summed E-state index contributed by atoms with van der Waals surface area (Å²) in [6, 6.07) is 9.53. The van der Waals surface area contributed by atoms with Crippen LogP contribution in [0.4, 0.5) is 10.5 Å². The molecule has 10 atom stereocenters. The number of ether oxygens (including phenoxy) is 4. The van der Waals surface area contributed by atoms with Crippen LogP contribution in [-0.4, -0.2) is 152 Å². The van der Waals surface area contributed by atoms with Gasteiger partial charge in [-0.15, -0.1) is 0 Å². The largest absolute Gasteiger partial charge is 0.496 e. The van der Waals surface area contributed by atoms with Gasteiger partial charge in [-0.2, -0.15) is 0 Å². The summed E-state index contributed by atoms with van der Waals surface area (Å²) < 4.78 is 48.3. The van der Waals surface area contributed by atoms with Gasteiger partial charge in [-0.05, 0) is 88.1 Å². The minimum atomic E-state index is -3.81. The van der Waals surface area contributed by atoms with Crippen LogP contribution in [0.3, 0.4) is 0 Å². The Morgan fingerprint density at radius 3 is 2.35 bits per heavy atom. The van der Waals surface area contributed by atoms with Crippen molar-refractivity contribution in [1.29, 1.82) is 0 Å². The van der Waals surface area contributed by atoms with E-state index in [0.29, 0.717) is 87.3 Å². The van der Waals surface area contributed by atoms with Crippen molar-refractivity contribution in [2.75, 3.05) is 78.5 Å². The number of carbonyl (C=O) groups excluding carboxylic acids is 4. The molecule has 2 bridgehead atoms. The first-order valence-electron chi connectivity index (χ1n) is 24.2. The van der Waals surface area contributed by atoms with Crippen LogP contribution in [0.25, 0.3) is 10.9 Å². The van der Waals surface area contributed by atoms with Gasteiger partial charge in [0.1, 0.15) is 17.5 Å². The number of nitrogens with one attached hydrogen (secondary N) is 2. The Labute approximate surface area is 402 Å². The van der Waals surface area contributed by atoms with Gasteiger partial charge in [0.25, 0.3) is 0 Å². The standard InChI is InChI=1S/C50H66N5O13P/c1-8-46(60)25-31-26-49(43(57)64-6,39-33(17-21-53(27-31)28-46)32-15-12-13-16-36(32)52-39)35-23-34-37(24-38(35)63-5)55(30-56)41-48(34)19-22-54-20-14-18-47(9-2,40(48)54)42(50(41,61)44(58)65-7)68-45(59)51-29-69(62,66-10-3)67-11-4/h12-16,18,23-24,30-31,40-42,52,60-61H,8-11,17,19-22,25-29H2,1-7H3,(H,51,59)/t31-,40-,41+,42+,46-,47+,48+,49-,50-/m0/s1. The van der Waals surface area contributed by atoms with E-state index in [9.17, 15) is 29.2 Å². The SMILES string of the molecule is CCOP(=O)(CNC(=O)O[C@@H]1[C@]2(CC)C=CCN3CC[C@@]4(c5cc([C@@]6(C(=O)OC)C[C@H]7CN(CCc8c6[nH]c6ccccc86)C[C@](O)(CC)C7)c(OC)cc5N(C=O)[C@H]4[C@@]1(O)C(=O)OC)[C@@H]32)OCC. The summed E-state index contributed by atoms with van der Waals surface area (Å²) in [5.41, 5.74) is -4.08. The second kappa shape index (κ2) is 18.1. The molecule has 2 aromatic carbocycles. The fourth-order valence-corrected chi connectivity index (χ4v) is 15.4. The van der Waals surface area contributed by atoms with E-state index in [1.54, 1.807) is 19.9 Å². The van der Waals surface area contributed by atoms with Gasteiger partial charge in [0, 0.05) is 71.3 Å². The van der Waals surface area contributed by atoms with Crippen molar-refractivity contribution in [2.45, 2.75) is 106 Å². The third-order valence-corrected chi connectivity index (χ3v) is 18.4. The highest BCUT2D eigenvalue weighted by Crippen LogP contribution is 2.68. The Balaban J connectivity index is 1.29. The van der Waals surface area contributed by atoms with Gasteiger partial charge in [0.05, 0.1) is 51.9 Å². The number of anilines is 1. The number of nitrogens with zero attached hydrogens (tertiary/aromatic N) is 3. The quantitative estimate of drug-likeness (QED) is 0.0555. The van der Waals surface area contributed by atoms with Gasteiger partial charge >= 0.3 is 25.6 Å². The van der Waals surface area contributed by atoms with Crippen LogP contribution < -0.4 is 15.0 Å². The third kappa shape index (κ3) is 7.21. The summed E-state index contributed by atoms with van der Waals surface area (Å²) in [6.45, 7) is 9.95. The Kier molecular flexibility index (Phi) is 12.9. The molecule has 69 heavy (non-hydrogen) atoms. The molecule has 18 nitrogen and oxygen atoms in total. The van der Waals surface area contributed by atoms with Crippen molar-refractivity contribution in [2.24, 2.45) is 11.3 Å². The second-order valence-corrected chi connectivity index (χ2v) is 21.7. The lowest BCUT2D eigenvalue weighted by atomic mass is 9.47. The van der Waals surface area contributed by atoms with Gasteiger partial charge < -0.3 is 53.4 Å². The highest BCUT2D eigenvalue weighted by atomic mass is 31.2. The minimum absolute atomic E-state index is 0.0450. The zero-order chi connectivity index (χ0) is 49.3. The van der Waals surface area contributed by atoms with Crippen LogP contribution in [0.15, 0.2) is 48.6 Å². The number of para-hydroxylation sites is 1. The second-order valence-electron chi connectivity index (χ2n) is 19.7. The molecule has 374 valence electrons. The van der Waals surface area contributed by atoms with Crippen molar-refractivity contribution in [3.05, 3.63) is 70.9 Å². The molecule has 1 unspecified atom stereocenters. The lowest BCUT2D eigenvalue weighted by Gasteiger charge is -2.63. The average Bonchev–Trinajstić information content (AvgIpc) is 4.03. The lowest BCUT2D eigenvalue weighted by Crippen LogP contribution is -2.81. The van der Waals surface area contributed by atoms with Crippen LogP contribution in [-0.2, 0) is 59.5 Å². The van der Waals surface area contributed by atoms with Gasteiger partial charge in [-0.3, -0.25) is 24.0 Å². The van der Waals surface area contributed by atoms with Gasteiger partial charge in [-0.25, -0.2) is 9.59 Å². The van der Waals surface area contributed by atoms with Crippen molar-refractivity contribution in [3.63, 3.8) is 0 Å². The first kappa shape index (κ1) is 49.2. The Hall–Kier alpha value is -4.81. The number of benzene rings is 2. The van der Waals surface area contributed by atoms with Gasteiger partial charge in [-0.1, -0.05) is 44.2 Å². The Morgan fingerprint density at radius 2 is 1.68 bits per heavy atom. The van der Waals surface area contributed by atoms with E-state index < -0.39 is 77.5 Å². The summed E-state index contributed by atoms with van der Waals surface area (Å²) in [5, 5.41) is 29.2. The Morgan fingerprint density at radius 1 is 0.942 bits per heavy atom. The predicted molar refractivity (Wildman–Crippen MR) is 254 cm³/mol. The van der Waals surface area contributed by atoms with Gasteiger partial charge in [0.2, 0.25) is 12.0 Å². The molecule has 0 radical (unpaired) electrons. The number of aromatic nitrogens is 1. The van der Waals surface area contributed by atoms with Crippen LogP contribution in [0.2, 0.25) is 0 Å². The molecule has 4 N–H and O–H groups in total. The summed E-state index contributed by atoms with van der Waals surface area (Å²) in [6.07, 6.45) is 3.38. The van der Waals surface area contributed by atoms with Crippen molar-refractivity contribution in [3.8, 4) is 5.75 Å². The summed E-state index contributed by atoms with van der Waals surface area (Å²) >= 11 is 0. The number of amides is 2. The fourth-order valence-electron chi connectivity index (χ4n) is 14.0. The van der Waals surface area contributed by atoms with E-state index in [2.05, 4.69) is 20.1 Å². The summed E-state index contributed by atoms with van der Waals surface area (Å²) in [7, 11) is 0.180. The Bertz CT molecular complexity index is 2600. The maximum Gasteiger partial charge on any atom is 0.408 e. The molecular weight excluding hydrogens is 910 g/mol. The zero-order valence-electron chi connectivity index (χ0n) is 40.6. The maximum atomic E-state index is 15.5. The molecule has 1 aliphatic carbocycles. The third-order valence-electron chi connectivity index (χ3n) is 16.5. The van der Waals surface area contributed by atoms with Crippen LogP contribution in [0.1, 0.15) is 82.2 Å². The normalized spacial score (nSPS) is 33.5. The van der Waals surface area contributed by atoms with Crippen LogP contribution >= 0.6 is 7.60 Å². The molecule has 9 rings (SSSR count). The molecule has 5 aliphatic heterocycles. The monoisotopic (exact) mass is 975 g/mol. The number of piperidine rings is 1. The number of hydrogen-bond acceptors (Lipinski definition) is 15. The zero-order valence-corrected chi connectivity index (χ0v) is 41.5. The lowest BCUT2D eigenvalue weighted by molar-refractivity contribution is -0.217. The number of rotatable bonds is 14. The average molecular weight is 976 g/mol. The van der Waals surface area contributed by atoms with E-state index in [-0.39, 0.29) is 37.7 Å². The van der Waals surface area contributed by atoms with E-state index in [0.717, 1.165) is 23.6 Å². The molecule has 3 fully saturated rings. The first-order valence-corrected chi connectivity index (χ1v) is 25.9. The first-order chi connectivity index (χ1) is 33.1. The van der Waals surface area contributed by atoms with Crippen LogP contribution in [0, 0.1) is 11.3 Å². The topological polar surface area (TPSA) is 219 Å². The molecule has 1 aromatic heterocycles. The van der Waals surface area contributed by atoms with E-state index in [1.165, 1.54) is 19.1 Å². The number of fused-ring (bicyclic) bond motifs is 6. The number of esters is 2. The van der Waals surface area contributed by atoms with Crippen molar-refractivity contribution < 1.29 is 62.0 Å². The number of aromatic amines is 1. The summed E-state index contributed by atoms with van der Waals surface area (Å²) in [4.78, 5) is 67.9. The minimum Gasteiger partial charge on any atom is -0.496 e. The number of alkyl carbamates (subject to hydrolysis) is 1. The van der Waals surface area contributed by atoms with Crippen molar-refractivity contribution in [1.82, 2.24) is 20.1 Å². The maximum absolute atomic E-state index is 15.5. The number of aliphatic hydroxyl groups is 2. The molecule has 3 aromatic rings. The van der Waals surface area contributed by atoms with Crippen molar-refractivity contribution >= 4 is 48.6 Å². The number of methoxy groups -OCH3 is 3. The molecule has 6 heterocycles. The van der Waals surface area contributed by atoms with E-state index >= 15 is 4.79 Å². The molecule has 2 saturated heterocycles. The molecule has 1 saturated carbocycles. The van der Waals surface area contributed by atoms with E-state index in [1.807, 2.05) is 56.3 Å². The number of H-pyrrole nitrogens is 1. The smallest absolute Gasteiger partial charge is 0.408 e. The highest BCUT2D eigenvalue weighted by molar-refractivity contribution is 7.53. The molecule has 6 aliphatic rings. The molecule has 1 spiro atoms. The van der Waals surface area contributed by atoms with Gasteiger partial charge in [0.15, 0.2) is 6.10 Å². The molecule has 19 heteroatoms. The highest BCUT2D eigenvalue weighted by Gasteiger charge is 2.81. The van der Waals surface area contributed by atoms with E-state index in [4.69, 9.17) is 28.0 Å². The fraction of sp³-hybridized carbons (Fsp3) is 0.600. The predicted octanol–water partition coefficient (Wildman–Crippen LogP) is 4.90. The number of hydrogen-bond donors (Lipinski definition) is 4.